The van der Waals surface area contributed by atoms with Crippen LogP contribution in [0, 0.1) is 13.8 Å². The van der Waals surface area contributed by atoms with Crippen LogP contribution in [0.4, 0.5) is 18.9 Å². The summed E-state index contributed by atoms with van der Waals surface area (Å²) in [4.78, 5) is 30.3. The van der Waals surface area contributed by atoms with Gasteiger partial charge in [0.15, 0.2) is 0 Å². The highest BCUT2D eigenvalue weighted by Gasteiger charge is 2.32. The summed E-state index contributed by atoms with van der Waals surface area (Å²) >= 11 is 0. The zero-order valence-corrected chi connectivity index (χ0v) is 13.7. The Morgan fingerprint density at radius 2 is 1.96 bits per heavy atom. The van der Waals surface area contributed by atoms with Crippen molar-refractivity contribution in [2.45, 2.75) is 26.9 Å². The highest BCUT2D eigenvalue weighted by Crippen LogP contribution is 2.28. The fraction of sp³-hybridized carbons (Fsp3) is 0.312. The van der Waals surface area contributed by atoms with Crippen LogP contribution in [-0.2, 0) is 10.9 Å². The molecule has 0 bridgehead atoms. The van der Waals surface area contributed by atoms with Gasteiger partial charge in [0.05, 0.1) is 24.1 Å². The number of alkyl halides is 3. The van der Waals surface area contributed by atoms with E-state index in [1.54, 1.807) is 20.8 Å². The average Bonchev–Trinajstić information content (AvgIpc) is 2.82. The quantitative estimate of drug-likeness (QED) is 0.823. The fourth-order valence-corrected chi connectivity index (χ4v) is 2.33. The zero-order chi connectivity index (χ0) is 18.8. The lowest BCUT2D eigenvalue weighted by atomic mass is 10.1. The van der Waals surface area contributed by atoms with Crippen LogP contribution in [0.3, 0.4) is 0 Å². The largest absolute Gasteiger partial charge is 0.461 e. The third kappa shape index (κ3) is 3.98. The summed E-state index contributed by atoms with van der Waals surface area (Å²) in [6.07, 6.45) is -3.63. The molecule has 2 rings (SSSR count). The molecule has 134 valence electrons. The molecule has 25 heavy (non-hydrogen) atoms. The molecule has 0 unspecified atom stereocenters. The van der Waals surface area contributed by atoms with Crippen molar-refractivity contribution in [1.82, 2.24) is 9.97 Å². The van der Waals surface area contributed by atoms with Crippen molar-refractivity contribution in [3.8, 4) is 0 Å². The van der Waals surface area contributed by atoms with Crippen molar-refractivity contribution in [2.24, 2.45) is 0 Å². The van der Waals surface area contributed by atoms with E-state index in [-0.39, 0.29) is 23.6 Å². The van der Waals surface area contributed by atoms with E-state index in [1.165, 1.54) is 0 Å². The number of H-pyrrole nitrogens is 1. The predicted molar refractivity (Wildman–Crippen MR) is 83.4 cm³/mol. The van der Waals surface area contributed by atoms with Crippen molar-refractivity contribution in [3.05, 3.63) is 46.5 Å². The molecule has 0 saturated carbocycles. The number of esters is 1. The number of nitrogens with one attached hydrogen (secondary N) is 2. The molecular weight excluding hydrogens is 339 g/mol. The Kier molecular flexibility index (Phi) is 5.15. The Morgan fingerprint density at radius 1 is 1.28 bits per heavy atom. The number of carbonyl (C=O) groups is 2. The van der Waals surface area contributed by atoms with Crippen LogP contribution in [0.25, 0.3) is 0 Å². The number of carbonyl (C=O) groups excluding carboxylic acids is 2. The molecule has 0 aliphatic rings. The molecule has 2 heterocycles. The topological polar surface area (TPSA) is 84.1 Å². The minimum atomic E-state index is -4.55. The summed E-state index contributed by atoms with van der Waals surface area (Å²) in [5.74, 6) is -1.15. The highest BCUT2D eigenvalue weighted by atomic mass is 19.4. The van der Waals surface area contributed by atoms with Gasteiger partial charge in [-0.15, -0.1) is 0 Å². The van der Waals surface area contributed by atoms with Crippen molar-refractivity contribution < 1.29 is 27.5 Å². The van der Waals surface area contributed by atoms with Gasteiger partial charge in [-0.1, -0.05) is 0 Å². The number of hydrogen-bond donors (Lipinski definition) is 2. The van der Waals surface area contributed by atoms with Gasteiger partial charge in [0.25, 0.3) is 5.91 Å². The lowest BCUT2D eigenvalue weighted by Gasteiger charge is -2.08. The second kappa shape index (κ2) is 6.96. The maximum absolute atomic E-state index is 12.5. The van der Waals surface area contributed by atoms with E-state index in [0.29, 0.717) is 11.3 Å². The normalized spacial score (nSPS) is 11.3. The molecule has 9 heteroatoms. The van der Waals surface area contributed by atoms with E-state index < -0.39 is 23.7 Å². The van der Waals surface area contributed by atoms with Crippen LogP contribution in [0.15, 0.2) is 18.3 Å². The van der Waals surface area contributed by atoms with E-state index in [0.717, 1.165) is 18.3 Å². The first-order chi connectivity index (χ1) is 11.6. The van der Waals surface area contributed by atoms with E-state index >= 15 is 0 Å². The molecule has 2 aromatic rings. The summed E-state index contributed by atoms with van der Waals surface area (Å²) < 4.78 is 42.4. The molecule has 0 radical (unpaired) electrons. The molecule has 0 spiro atoms. The third-order valence-electron chi connectivity index (χ3n) is 3.46. The van der Waals surface area contributed by atoms with E-state index in [9.17, 15) is 22.8 Å². The summed E-state index contributed by atoms with van der Waals surface area (Å²) in [6, 6.07) is 1.88. The van der Waals surface area contributed by atoms with Gasteiger partial charge in [0.1, 0.15) is 11.4 Å². The Labute approximate surface area is 141 Å². The number of amides is 1. The number of aromatic nitrogens is 2. The minimum Gasteiger partial charge on any atom is -0.461 e. The summed E-state index contributed by atoms with van der Waals surface area (Å²) in [5.41, 5.74) is 0.282. The highest BCUT2D eigenvalue weighted by molar-refractivity contribution is 6.08. The number of hydrogen-bond acceptors (Lipinski definition) is 4. The van der Waals surface area contributed by atoms with E-state index in [2.05, 4.69) is 15.3 Å². The predicted octanol–water partition coefficient (Wildman–Crippen LogP) is 3.47. The summed E-state index contributed by atoms with van der Waals surface area (Å²) in [7, 11) is 0. The molecule has 2 N–H and O–H groups in total. The summed E-state index contributed by atoms with van der Waals surface area (Å²) in [5, 5.41) is 2.46. The van der Waals surface area contributed by atoms with Crippen molar-refractivity contribution in [2.75, 3.05) is 11.9 Å². The standard InChI is InChI=1S/C16H16F3N3O3/c1-4-25-15(24)13-8(2)12(9(3)21-13)14(23)22-10-5-6-11(20-7-10)16(17,18)19/h5-7,21H,4H2,1-3H3,(H,22,23). The van der Waals surface area contributed by atoms with E-state index in [4.69, 9.17) is 4.74 Å². The van der Waals surface area contributed by atoms with Gasteiger partial charge in [-0.3, -0.25) is 4.79 Å². The third-order valence-corrected chi connectivity index (χ3v) is 3.46. The first-order valence-electron chi connectivity index (χ1n) is 7.36. The van der Waals surface area contributed by atoms with Gasteiger partial charge in [-0.05, 0) is 38.5 Å². The molecule has 0 atom stereocenters. The van der Waals surface area contributed by atoms with Gasteiger partial charge in [0.2, 0.25) is 0 Å². The Balaban J connectivity index is 2.23. The number of rotatable bonds is 4. The van der Waals surface area contributed by atoms with Crippen molar-refractivity contribution in [1.29, 1.82) is 0 Å². The van der Waals surface area contributed by atoms with Crippen LogP contribution >= 0.6 is 0 Å². The molecular formula is C16H16F3N3O3. The second-order valence-electron chi connectivity index (χ2n) is 5.23. The molecule has 6 nitrogen and oxygen atoms in total. The fourth-order valence-electron chi connectivity index (χ4n) is 2.33. The van der Waals surface area contributed by atoms with Crippen LogP contribution in [0.1, 0.15) is 44.7 Å². The van der Waals surface area contributed by atoms with Gasteiger partial charge in [-0.25, -0.2) is 9.78 Å². The SMILES string of the molecule is CCOC(=O)c1[nH]c(C)c(C(=O)Nc2ccc(C(F)(F)F)nc2)c1C. The smallest absolute Gasteiger partial charge is 0.433 e. The first kappa shape index (κ1) is 18.5. The Morgan fingerprint density at radius 3 is 2.48 bits per heavy atom. The molecule has 0 aliphatic carbocycles. The van der Waals surface area contributed by atoms with Crippen LogP contribution < -0.4 is 5.32 Å². The zero-order valence-electron chi connectivity index (χ0n) is 13.7. The number of pyridine rings is 1. The van der Waals surface area contributed by atoms with E-state index in [1.807, 2.05) is 0 Å². The first-order valence-corrected chi connectivity index (χ1v) is 7.36. The van der Waals surface area contributed by atoms with Gasteiger partial charge >= 0.3 is 12.1 Å². The number of nitrogens with zero attached hydrogens (tertiary/aromatic N) is 1. The number of aryl methyl sites for hydroxylation is 1. The van der Waals surface area contributed by atoms with Crippen molar-refractivity contribution >= 4 is 17.6 Å². The van der Waals surface area contributed by atoms with Crippen LogP contribution in [0.2, 0.25) is 0 Å². The molecule has 0 fully saturated rings. The Bertz CT molecular complexity index is 795. The van der Waals surface area contributed by atoms with Gasteiger partial charge in [-0.2, -0.15) is 13.2 Å². The number of halogens is 3. The maximum atomic E-state index is 12.5. The molecule has 0 aromatic carbocycles. The monoisotopic (exact) mass is 355 g/mol. The summed E-state index contributed by atoms with van der Waals surface area (Å²) in [6.45, 7) is 5.04. The maximum Gasteiger partial charge on any atom is 0.433 e. The molecule has 0 saturated heterocycles. The number of anilines is 1. The number of ether oxygens (including phenoxy) is 1. The lowest BCUT2D eigenvalue weighted by molar-refractivity contribution is -0.141. The molecule has 1 amide bonds. The minimum absolute atomic E-state index is 0.107. The second-order valence-corrected chi connectivity index (χ2v) is 5.23. The lowest BCUT2D eigenvalue weighted by Crippen LogP contribution is -2.15. The molecule has 2 aromatic heterocycles. The number of aromatic amines is 1. The average molecular weight is 355 g/mol. The molecule has 0 aliphatic heterocycles. The van der Waals surface area contributed by atoms with Gasteiger partial charge in [0, 0.05) is 5.69 Å². The van der Waals surface area contributed by atoms with Crippen LogP contribution in [-0.4, -0.2) is 28.5 Å². The van der Waals surface area contributed by atoms with Crippen LogP contribution in [0.5, 0.6) is 0 Å². The van der Waals surface area contributed by atoms with Crippen molar-refractivity contribution in [3.63, 3.8) is 0 Å². The van der Waals surface area contributed by atoms with Gasteiger partial charge < -0.3 is 15.0 Å². The Hall–Kier alpha value is -2.84.